The third-order valence-corrected chi connectivity index (χ3v) is 4.94. The fourth-order valence-electron chi connectivity index (χ4n) is 3.39. The van der Waals surface area contributed by atoms with Gasteiger partial charge in [-0.2, -0.15) is 5.10 Å². The summed E-state index contributed by atoms with van der Waals surface area (Å²) in [4.78, 5) is 19.1. The summed E-state index contributed by atoms with van der Waals surface area (Å²) < 4.78 is 2.07. The topological polar surface area (TPSA) is 75.1 Å². The Morgan fingerprint density at radius 2 is 2.19 bits per heavy atom. The lowest BCUT2D eigenvalue weighted by atomic mass is 10.1. The zero-order valence-corrected chi connectivity index (χ0v) is 16.3. The second-order valence-electron chi connectivity index (χ2n) is 7.02. The van der Waals surface area contributed by atoms with Crippen LogP contribution in [0.3, 0.4) is 0 Å². The molecule has 2 amide bonds. The van der Waals surface area contributed by atoms with Crippen LogP contribution in [0, 0.1) is 0 Å². The number of pyridine rings is 1. The zero-order chi connectivity index (χ0) is 19.1. The molecule has 2 aromatic rings. The van der Waals surface area contributed by atoms with Crippen molar-refractivity contribution in [3.63, 3.8) is 0 Å². The summed E-state index contributed by atoms with van der Waals surface area (Å²) in [5, 5.41) is 10.5. The van der Waals surface area contributed by atoms with Crippen molar-refractivity contribution in [2.45, 2.75) is 58.8 Å². The molecule has 3 rings (SSSR count). The minimum atomic E-state index is -0.192. The molecular formula is C20H30N6O. The standard InChI is InChI=1S/C20H30N6O/c1-3-5-10-25-11-12-26-17(15-25)13-16(24-26)14-22-20(27)23-18(4-2)19-8-6-7-9-21-19/h6-9,13,18H,3-5,10-12,14-15H2,1-2H3,(H2,22,23,27). The fourth-order valence-corrected chi connectivity index (χ4v) is 3.39. The molecular weight excluding hydrogens is 340 g/mol. The Bertz CT molecular complexity index is 729. The second kappa shape index (κ2) is 9.50. The summed E-state index contributed by atoms with van der Waals surface area (Å²) in [7, 11) is 0. The normalized spacial score (nSPS) is 15.2. The summed E-state index contributed by atoms with van der Waals surface area (Å²) in [6, 6.07) is 7.57. The van der Waals surface area contributed by atoms with Crippen molar-refractivity contribution >= 4 is 6.03 Å². The quantitative estimate of drug-likeness (QED) is 0.749. The molecule has 146 valence electrons. The van der Waals surface area contributed by atoms with Crippen LogP contribution in [0.4, 0.5) is 4.79 Å². The average Bonchev–Trinajstić information content (AvgIpc) is 3.11. The molecule has 0 bridgehead atoms. The van der Waals surface area contributed by atoms with Crippen LogP contribution in [-0.2, 0) is 19.6 Å². The van der Waals surface area contributed by atoms with Crippen LogP contribution < -0.4 is 10.6 Å². The summed E-state index contributed by atoms with van der Waals surface area (Å²) in [5.41, 5.74) is 3.01. The van der Waals surface area contributed by atoms with Crippen LogP contribution in [0.5, 0.6) is 0 Å². The SMILES string of the molecule is CCCCN1CCn2nc(CNC(=O)NC(CC)c3ccccn3)cc2C1. The Morgan fingerprint density at radius 1 is 1.30 bits per heavy atom. The summed E-state index contributed by atoms with van der Waals surface area (Å²) in [5.74, 6) is 0. The van der Waals surface area contributed by atoms with Gasteiger partial charge in [-0.3, -0.25) is 14.6 Å². The van der Waals surface area contributed by atoms with E-state index in [1.54, 1.807) is 6.20 Å². The van der Waals surface area contributed by atoms with Gasteiger partial charge in [0.2, 0.25) is 0 Å². The van der Waals surface area contributed by atoms with Gasteiger partial charge in [0.05, 0.1) is 36.2 Å². The molecule has 0 aromatic carbocycles. The number of carbonyl (C=O) groups excluding carboxylic acids is 1. The van der Waals surface area contributed by atoms with E-state index in [2.05, 4.69) is 43.3 Å². The van der Waals surface area contributed by atoms with E-state index in [4.69, 9.17) is 0 Å². The summed E-state index contributed by atoms with van der Waals surface area (Å²) in [6.45, 7) is 8.74. The molecule has 1 aliphatic heterocycles. The highest BCUT2D eigenvalue weighted by Gasteiger charge is 2.18. The van der Waals surface area contributed by atoms with Gasteiger partial charge in [-0.15, -0.1) is 0 Å². The van der Waals surface area contributed by atoms with Crippen LogP contribution in [0.15, 0.2) is 30.5 Å². The third-order valence-electron chi connectivity index (χ3n) is 4.94. The number of aromatic nitrogens is 3. The van der Waals surface area contributed by atoms with E-state index in [9.17, 15) is 4.79 Å². The lowest BCUT2D eigenvalue weighted by Gasteiger charge is -2.27. The lowest BCUT2D eigenvalue weighted by molar-refractivity contribution is 0.210. The van der Waals surface area contributed by atoms with Crippen LogP contribution >= 0.6 is 0 Å². The van der Waals surface area contributed by atoms with Crippen molar-refractivity contribution in [1.82, 2.24) is 30.3 Å². The zero-order valence-electron chi connectivity index (χ0n) is 16.3. The Labute approximate surface area is 161 Å². The number of urea groups is 1. The van der Waals surface area contributed by atoms with E-state index in [-0.39, 0.29) is 12.1 Å². The van der Waals surface area contributed by atoms with E-state index in [1.807, 2.05) is 25.1 Å². The molecule has 7 heteroatoms. The highest BCUT2D eigenvalue weighted by atomic mass is 16.2. The van der Waals surface area contributed by atoms with Gasteiger partial charge in [-0.25, -0.2) is 4.79 Å². The minimum Gasteiger partial charge on any atom is -0.332 e. The van der Waals surface area contributed by atoms with Crippen LogP contribution in [0.2, 0.25) is 0 Å². The van der Waals surface area contributed by atoms with Gasteiger partial charge < -0.3 is 10.6 Å². The van der Waals surface area contributed by atoms with Crippen molar-refractivity contribution in [3.8, 4) is 0 Å². The van der Waals surface area contributed by atoms with Crippen molar-refractivity contribution in [3.05, 3.63) is 47.5 Å². The maximum Gasteiger partial charge on any atom is 0.315 e. The molecule has 1 unspecified atom stereocenters. The molecule has 0 fully saturated rings. The van der Waals surface area contributed by atoms with Gasteiger partial charge in [0.25, 0.3) is 0 Å². The summed E-state index contributed by atoms with van der Waals surface area (Å²) >= 11 is 0. The molecule has 2 N–H and O–H groups in total. The first kappa shape index (κ1) is 19.4. The van der Waals surface area contributed by atoms with Gasteiger partial charge in [-0.1, -0.05) is 26.3 Å². The number of hydrogen-bond donors (Lipinski definition) is 2. The second-order valence-corrected chi connectivity index (χ2v) is 7.02. The van der Waals surface area contributed by atoms with E-state index in [0.717, 1.165) is 44.0 Å². The molecule has 2 aromatic heterocycles. The molecule has 0 saturated heterocycles. The third kappa shape index (κ3) is 5.29. The first-order valence-electron chi connectivity index (χ1n) is 9.92. The molecule has 0 saturated carbocycles. The highest BCUT2D eigenvalue weighted by molar-refractivity contribution is 5.74. The Kier molecular flexibility index (Phi) is 6.81. The summed E-state index contributed by atoms with van der Waals surface area (Å²) in [6.07, 6.45) is 4.99. The number of carbonyl (C=O) groups is 1. The average molecular weight is 371 g/mol. The Hall–Kier alpha value is -2.41. The number of rotatable bonds is 8. The molecule has 3 heterocycles. The van der Waals surface area contributed by atoms with Crippen molar-refractivity contribution in [1.29, 1.82) is 0 Å². The lowest BCUT2D eigenvalue weighted by Crippen LogP contribution is -2.37. The number of unbranched alkanes of at least 4 members (excludes halogenated alkanes) is 1. The maximum atomic E-state index is 12.3. The number of nitrogens with one attached hydrogen (secondary N) is 2. The molecule has 0 aliphatic carbocycles. The largest absolute Gasteiger partial charge is 0.332 e. The van der Waals surface area contributed by atoms with Crippen LogP contribution in [0.25, 0.3) is 0 Å². The van der Waals surface area contributed by atoms with E-state index in [1.165, 1.54) is 18.5 Å². The minimum absolute atomic E-state index is 0.0893. The monoisotopic (exact) mass is 370 g/mol. The van der Waals surface area contributed by atoms with Crippen molar-refractivity contribution in [2.75, 3.05) is 13.1 Å². The maximum absolute atomic E-state index is 12.3. The number of fused-ring (bicyclic) bond motifs is 1. The number of hydrogen-bond acceptors (Lipinski definition) is 4. The van der Waals surface area contributed by atoms with Crippen LogP contribution in [0.1, 0.15) is 56.2 Å². The smallest absolute Gasteiger partial charge is 0.315 e. The highest BCUT2D eigenvalue weighted by Crippen LogP contribution is 2.15. The first-order valence-corrected chi connectivity index (χ1v) is 9.92. The fraction of sp³-hybridized carbons (Fsp3) is 0.550. The molecule has 1 aliphatic rings. The predicted molar refractivity (Wildman–Crippen MR) is 105 cm³/mol. The number of amides is 2. The van der Waals surface area contributed by atoms with Gasteiger partial charge >= 0.3 is 6.03 Å². The van der Waals surface area contributed by atoms with Gasteiger partial charge in [0, 0.05) is 19.3 Å². The molecule has 7 nitrogen and oxygen atoms in total. The van der Waals surface area contributed by atoms with E-state index >= 15 is 0 Å². The first-order chi connectivity index (χ1) is 13.2. The molecule has 0 spiro atoms. The van der Waals surface area contributed by atoms with Gasteiger partial charge in [0.15, 0.2) is 0 Å². The predicted octanol–water partition coefficient (Wildman–Crippen LogP) is 2.84. The Morgan fingerprint density at radius 3 is 2.93 bits per heavy atom. The van der Waals surface area contributed by atoms with E-state index < -0.39 is 0 Å². The van der Waals surface area contributed by atoms with Crippen LogP contribution in [-0.4, -0.2) is 38.8 Å². The molecule has 1 atom stereocenters. The van der Waals surface area contributed by atoms with E-state index in [0.29, 0.717) is 6.54 Å². The number of nitrogens with zero attached hydrogens (tertiary/aromatic N) is 4. The van der Waals surface area contributed by atoms with Gasteiger partial charge in [-0.05, 0) is 37.6 Å². The molecule has 27 heavy (non-hydrogen) atoms. The van der Waals surface area contributed by atoms with Crippen molar-refractivity contribution < 1.29 is 4.79 Å². The van der Waals surface area contributed by atoms with Crippen molar-refractivity contribution in [2.24, 2.45) is 0 Å². The Balaban J connectivity index is 1.50. The molecule has 0 radical (unpaired) electrons. The van der Waals surface area contributed by atoms with Gasteiger partial charge in [0.1, 0.15) is 0 Å².